The predicted octanol–water partition coefficient (Wildman–Crippen LogP) is 5.97. The van der Waals surface area contributed by atoms with Crippen molar-refractivity contribution < 1.29 is 12.8 Å². The molecule has 0 aliphatic carbocycles. The number of aromatic nitrogens is 2. The average Bonchev–Trinajstić information content (AvgIpc) is 3.34. The lowest BCUT2D eigenvalue weighted by Crippen LogP contribution is -1.97. The standard InChI is InChI=1S/C26H18N2O3S/c1-32(29,30)19-15-13-18(14-16-19)25-24(21-10-6-8-17-7-2-3-9-20(17)21)27-26-28(25)22-11-4-5-12-23(22)31-26/h2-16H,1H3. The topological polar surface area (TPSA) is 64.6 Å². The summed E-state index contributed by atoms with van der Waals surface area (Å²) in [6.45, 7) is 0. The molecule has 2 heterocycles. The van der Waals surface area contributed by atoms with Crippen molar-refractivity contribution >= 4 is 37.6 Å². The number of nitrogens with zero attached hydrogens (tertiary/aromatic N) is 2. The Labute approximate surface area is 184 Å². The molecule has 0 saturated heterocycles. The van der Waals surface area contributed by atoms with Gasteiger partial charge < -0.3 is 4.42 Å². The van der Waals surface area contributed by atoms with Crippen molar-refractivity contribution in [2.24, 2.45) is 0 Å². The fraction of sp³-hybridized carbons (Fsp3) is 0.0385. The smallest absolute Gasteiger partial charge is 0.307 e. The van der Waals surface area contributed by atoms with Crippen LogP contribution in [0.5, 0.6) is 0 Å². The van der Waals surface area contributed by atoms with Gasteiger partial charge in [-0.05, 0) is 35.0 Å². The molecule has 2 aromatic heterocycles. The summed E-state index contributed by atoms with van der Waals surface area (Å²) < 4.78 is 32.0. The molecule has 6 aromatic rings. The van der Waals surface area contributed by atoms with Crippen LogP contribution in [0.3, 0.4) is 0 Å². The largest absolute Gasteiger partial charge is 0.423 e. The number of hydrogen-bond donors (Lipinski definition) is 0. The lowest BCUT2D eigenvalue weighted by molar-refractivity contribution is 0.602. The van der Waals surface area contributed by atoms with Gasteiger partial charge in [-0.15, -0.1) is 0 Å². The maximum atomic E-state index is 12.0. The van der Waals surface area contributed by atoms with Crippen LogP contribution in [0.25, 0.3) is 50.2 Å². The molecule has 156 valence electrons. The molecular weight excluding hydrogens is 420 g/mol. The van der Waals surface area contributed by atoms with Crippen LogP contribution in [0.4, 0.5) is 0 Å². The van der Waals surface area contributed by atoms with Crippen LogP contribution in [0.15, 0.2) is 100 Å². The van der Waals surface area contributed by atoms with Crippen LogP contribution in [0.1, 0.15) is 0 Å². The minimum absolute atomic E-state index is 0.283. The first-order chi connectivity index (χ1) is 15.5. The van der Waals surface area contributed by atoms with Crippen LogP contribution in [-0.2, 0) is 9.84 Å². The third-order valence-corrected chi connectivity index (χ3v) is 6.88. The highest BCUT2D eigenvalue weighted by atomic mass is 32.2. The van der Waals surface area contributed by atoms with Gasteiger partial charge in [0.05, 0.1) is 16.1 Å². The third kappa shape index (κ3) is 2.84. The molecule has 0 bridgehead atoms. The lowest BCUT2D eigenvalue weighted by atomic mass is 9.99. The van der Waals surface area contributed by atoms with Crippen LogP contribution in [0, 0.1) is 0 Å². The molecule has 0 N–H and O–H groups in total. The van der Waals surface area contributed by atoms with Gasteiger partial charge in [0, 0.05) is 17.4 Å². The fourth-order valence-corrected chi connectivity index (χ4v) is 4.89. The summed E-state index contributed by atoms with van der Waals surface area (Å²) in [4.78, 5) is 5.18. The maximum Gasteiger partial charge on any atom is 0.307 e. The van der Waals surface area contributed by atoms with Crippen molar-refractivity contribution in [3.63, 3.8) is 0 Å². The van der Waals surface area contributed by atoms with Crippen molar-refractivity contribution in [1.82, 2.24) is 9.38 Å². The number of sulfone groups is 1. The van der Waals surface area contributed by atoms with Gasteiger partial charge in [0.1, 0.15) is 5.69 Å². The first kappa shape index (κ1) is 18.8. The molecule has 5 nitrogen and oxygen atoms in total. The Balaban J connectivity index is 1.71. The highest BCUT2D eigenvalue weighted by Crippen LogP contribution is 2.39. The van der Waals surface area contributed by atoms with E-state index < -0.39 is 9.84 Å². The van der Waals surface area contributed by atoms with E-state index in [0.29, 0.717) is 5.84 Å². The summed E-state index contributed by atoms with van der Waals surface area (Å²) in [5.74, 6) is 0.497. The van der Waals surface area contributed by atoms with E-state index in [1.54, 1.807) is 12.1 Å². The first-order valence-electron chi connectivity index (χ1n) is 10.2. The van der Waals surface area contributed by atoms with Gasteiger partial charge in [0.25, 0.3) is 0 Å². The van der Waals surface area contributed by atoms with Gasteiger partial charge in [0.2, 0.25) is 0 Å². The number of oxazole rings is 1. The number of benzene rings is 4. The molecule has 32 heavy (non-hydrogen) atoms. The molecule has 6 rings (SSSR count). The van der Waals surface area contributed by atoms with E-state index in [-0.39, 0.29) is 4.90 Å². The van der Waals surface area contributed by atoms with Crippen molar-refractivity contribution in [3.05, 3.63) is 91.0 Å². The van der Waals surface area contributed by atoms with Gasteiger partial charge in [-0.25, -0.2) is 8.42 Å². The van der Waals surface area contributed by atoms with E-state index >= 15 is 0 Å². The van der Waals surface area contributed by atoms with Crippen molar-refractivity contribution in [2.75, 3.05) is 6.26 Å². The summed E-state index contributed by atoms with van der Waals surface area (Å²) >= 11 is 0. The quantitative estimate of drug-likeness (QED) is 0.341. The average molecular weight is 439 g/mol. The Kier molecular flexibility index (Phi) is 4.00. The van der Waals surface area contributed by atoms with Gasteiger partial charge in [-0.1, -0.05) is 66.7 Å². The fourth-order valence-electron chi connectivity index (χ4n) is 4.26. The lowest BCUT2D eigenvalue weighted by Gasteiger charge is -2.09. The molecule has 0 radical (unpaired) electrons. The summed E-state index contributed by atoms with van der Waals surface area (Å²) in [6.07, 6.45) is 1.21. The minimum Gasteiger partial charge on any atom is -0.423 e. The number of para-hydroxylation sites is 2. The van der Waals surface area contributed by atoms with Gasteiger partial charge in [0.15, 0.2) is 15.4 Å². The highest BCUT2D eigenvalue weighted by molar-refractivity contribution is 7.90. The maximum absolute atomic E-state index is 12.0. The second kappa shape index (κ2) is 6.80. The summed E-state index contributed by atoms with van der Waals surface area (Å²) in [5.41, 5.74) is 5.16. The number of rotatable bonds is 3. The molecule has 0 atom stereocenters. The van der Waals surface area contributed by atoms with E-state index in [1.807, 2.05) is 59.0 Å². The van der Waals surface area contributed by atoms with Crippen LogP contribution in [0.2, 0.25) is 0 Å². The number of hydrogen-bond acceptors (Lipinski definition) is 4. The second-order valence-corrected chi connectivity index (χ2v) is 9.84. The Hall–Kier alpha value is -3.90. The van der Waals surface area contributed by atoms with Gasteiger partial charge in [-0.3, -0.25) is 4.40 Å². The van der Waals surface area contributed by atoms with E-state index in [0.717, 1.165) is 44.4 Å². The molecule has 4 aromatic carbocycles. The number of fused-ring (bicyclic) bond motifs is 4. The molecule has 6 heteroatoms. The molecule has 0 amide bonds. The minimum atomic E-state index is -3.29. The van der Waals surface area contributed by atoms with Crippen molar-refractivity contribution in [3.8, 4) is 22.5 Å². The zero-order chi connectivity index (χ0) is 21.9. The van der Waals surface area contributed by atoms with E-state index in [2.05, 4.69) is 24.3 Å². The van der Waals surface area contributed by atoms with Crippen molar-refractivity contribution in [2.45, 2.75) is 4.90 Å². The molecule has 0 aliphatic rings. The van der Waals surface area contributed by atoms with E-state index in [1.165, 1.54) is 6.26 Å². The highest BCUT2D eigenvalue weighted by Gasteiger charge is 2.22. The van der Waals surface area contributed by atoms with E-state index in [4.69, 9.17) is 9.40 Å². The van der Waals surface area contributed by atoms with Crippen LogP contribution < -0.4 is 0 Å². The van der Waals surface area contributed by atoms with Crippen LogP contribution >= 0.6 is 0 Å². The molecule has 0 fully saturated rings. The van der Waals surface area contributed by atoms with Gasteiger partial charge in [-0.2, -0.15) is 4.98 Å². The Bertz CT molecular complexity index is 1740. The molecule has 0 saturated carbocycles. The zero-order valence-corrected chi connectivity index (χ0v) is 18.0. The van der Waals surface area contributed by atoms with Gasteiger partial charge >= 0.3 is 5.84 Å². The number of imidazole rings is 1. The molecule has 0 spiro atoms. The molecular formula is C26H18N2O3S. The van der Waals surface area contributed by atoms with E-state index in [9.17, 15) is 8.42 Å². The normalized spacial score (nSPS) is 12.2. The molecule has 0 aliphatic heterocycles. The van der Waals surface area contributed by atoms with Crippen molar-refractivity contribution in [1.29, 1.82) is 0 Å². The van der Waals surface area contributed by atoms with Crippen LogP contribution in [-0.4, -0.2) is 24.1 Å². The second-order valence-electron chi connectivity index (χ2n) is 7.82. The monoisotopic (exact) mass is 438 g/mol. The SMILES string of the molecule is CS(=O)(=O)c1ccc(-c2c(-c3cccc4ccccc34)nc3oc4ccccc4n23)cc1. The zero-order valence-electron chi connectivity index (χ0n) is 17.2. The Morgan fingerprint density at radius 2 is 1.53 bits per heavy atom. The third-order valence-electron chi connectivity index (χ3n) is 5.75. The first-order valence-corrected chi connectivity index (χ1v) is 12.1. The summed E-state index contributed by atoms with van der Waals surface area (Å²) in [6, 6.07) is 29.1. The molecule has 0 unspecified atom stereocenters. The Morgan fingerprint density at radius 3 is 2.34 bits per heavy atom. The Morgan fingerprint density at radius 1 is 0.812 bits per heavy atom. The predicted molar refractivity (Wildman–Crippen MR) is 126 cm³/mol. The summed E-state index contributed by atoms with van der Waals surface area (Å²) in [7, 11) is -3.29. The summed E-state index contributed by atoms with van der Waals surface area (Å²) in [5, 5.41) is 2.21.